The van der Waals surface area contributed by atoms with Crippen molar-refractivity contribution in [1.29, 1.82) is 0 Å². The van der Waals surface area contributed by atoms with Crippen molar-refractivity contribution >= 4 is 11.7 Å². The van der Waals surface area contributed by atoms with E-state index in [9.17, 15) is 9.59 Å². The number of nitrogens with one attached hydrogen (secondary N) is 2. The number of ketones is 1. The number of aryl methyl sites for hydroxylation is 1. The van der Waals surface area contributed by atoms with Gasteiger partial charge in [0.15, 0.2) is 5.78 Å². The Kier molecular flexibility index (Phi) is 4.90. The summed E-state index contributed by atoms with van der Waals surface area (Å²) >= 11 is 0. The molecule has 2 aromatic rings. The van der Waals surface area contributed by atoms with Crippen LogP contribution in [0.25, 0.3) is 0 Å². The zero-order valence-electron chi connectivity index (χ0n) is 15.9. The van der Waals surface area contributed by atoms with Crippen molar-refractivity contribution in [3.05, 3.63) is 52.3 Å². The minimum Gasteiger partial charge on any atom is -0.492 e. The number of ether oxygens (including phenoxy) is 1. The number of carbonyl (C=O) groups is 2. The molecular formula is C21H26N2O3. The summed E-state index contributed by atoms with van der Waals surface area (Å²) < 4.78 is 5.65. The lowest BCUT2D eigenvalue weighted by atomic mass is 9.75. The van der Waals surface area contributed by atoms with E-state index in [1.807, 2.05) is 38.1 Å². The number of aromatic amines is 1. The fourth-order valence-electron chi connectivity index (χ4n) is 3.59. The van der Waals surface area contributed by atoms with E-state index in [1.165, 1.54) is 0 Å². The van der Waals surface area contributed by atoms with Gasteiger partial charge in [-0.2, -0.15) is 0 Å². The Morgan fingerprint density at radius 1 is 1.27 bits per heavy atom. The number of Topliss-reactive ketones (excluding diaryl/α,β-unsaturated/α-hetero) is 1. The Morgan fingerprint density at radius 2 is 2.04 bits per heavy atom. The van der Waals surface area contributed by atoms with E-state index in [0.29, 0.717) is 30.8 Å². The maximum absolute atomic E-state index is 12.5. The van der Waals surface area contributed by atoms with Crippen LogP contribution in [-0.2, 0) is 6.42 Å². The molecule has 0 saturated heterocycles. The predicted octanol–water partition coefficient (Wildman–Crippen LogP) is 3.60. The van der Waals surface area contributed by atoms with E-state index in [2.05, 4.69) is 24.1 Å². The monoisotopic (exact) mass is 354 g/mol. The fraction of sp³-hybridized carbons (Fsp3) is 0.429. The second kappa shape index (κ2) is 6.98. The molecular weight excluding hydrogens is 328 g/mol. The molecule has 1 aliphatic carbocycles. The molecule has 1 aliphatic rings. The van der Waals surface area contributed by atoms with Crippen molar-refractivity contribution in [1.82, 2.24) is 10.3 Å². The van der Waals surface area contributed by atoms with Gasteiger partial charge in [-0.05, 0) is 48.9 Å². The molecule has 1 heterocycles. The van der Waals surface area contributed by atoms with Gasteiger partial charge in [-0.15, -0.1) is 0 Å². The normalized spacial score (nSPS) is 15.5. The minimum atomic E-state index is -0.199. The average Bonchev–Trinajstić information content (AvgIpc) is 2.87. The van der Waals surface area contributed by atoms with Crippen LogP contribution in [0, 0.1) is 19.3 Å². The van der Waals surface area contributed by atoms with Crippen molar-refractivity contribution in [2.75, 3.05) is 13.2 Å². The van der Waals surface area contributed by atoms with Gasteiger partial charge in [0.05, 0.1) is 6.54 Å². The average molecular weight is 354 g/mol. The molecule has 26 heavy (non-hydrogen) atoms. The Labute approximate surface area is 154 Å². The van der Waals surface area contributed by atoms with E-state index < -0.39 is 0 Å². The molecule has 3 rings (SSSR count). The van der Waals surface area contributed by atoms with Crippen molar-refractivity contribution in [3.8, 4) is 5.75 Å². The van der Waals surface area contributed by atoms with Gasteiger partial charge in [0.25, 0.3) is 5.91 Å². The highest BCUT2D eigenvalue weighted by atomic mass is 16.5. The van der Waals surface area contributed by atoms with Gasteiger partial charge < -0.3 is 15.0 Å². The van der Waals surface area contributed by atoms with Crippen LogP contribution in [-0.4, -0.2) is 29.8 Å². The third kappa shape index (κ3) is 3.82. The number of hydrogen-bond donors (Lipinski definition) is 2. The summed E-state index contributed by atoms with van der Waals surface area (Å²) in [5.41, 5.74) is 3.87. The number of fused-ring (bicyclic) bond motifs is 1. The summed E-state index contributed by atoms with van der Waals surface area (Å²) in [6, 6.07) is 7.80. The van der Waals surface area contributed by atoms with Crippen LogP contribution >= 0.6 is 0 Å². The number of H-pyrrole nitrogens is 1. The maximum Gasteiger partial charge on any atom is 0.268 e. The van der Waals surface area contributed by atoms with Gasteiger partial charge in [-0.1, -0.05) is 26.0 Å². The molecule has 138 valence electrons. The first-order valence-corrected chi connectivity index (χ1v) is 8.99. The standard InChI is InChI=1S/C21H26N2O3/c1-13-6-5-7-15(10-13)26-9-8-22-20(25)19-14(2)18-16(23-19)11-21(3,4)12-17(18)24/h5-7,10,23H,8-9,11-12H2,1-4H3,(H,22,25). The molecule has 2 N–H and O–H groups in total. The summed E-state index contributed by atoms with van der Waals surface area (Å²) in [5, 5.41) is 2.86. The molecule has 0 saturated carbocycles. The van der Waals surface area contributed by atoms with E-state index in [4.69, 9.17) is 4.74 Å². The van der Waals surface area contributed by atoms with Crippen LogP contribution in [0.15, 0.2) is 24.3 Å². The van der Waals surface area contributed by atoms with Gasteiger partial charge in [0, 0.05) is 17.7 Å². The van der Waals surface area contributed by atoms with Gasteiger partial charge in [0.1, 0.15) is 18.1 Å². The van der Waals surface area contributed by atoms with E-state index in [-0.39, 0.29) is 17.1 Å². The smallest absolute Gasteiger partial charge is 0.268 e. The molecule has 0 unspecified atom stereocenters. The van der Waals surface area contributed by atoms with Crippen molar-refractivity contribution < 1.29 is 14.3 Å². The number of rotatable bonds is 5. The third-order valence-corrected chi connectivity index (χ3v) is 4.77. The molecule has 5 nitrogen and oxygen atoms in total. The SMILES string of the molecule is Cc1cccc(OCCNC(=O)c2[nH]c3c(c2C)C(=O)CC(C)(C)C3)c1. The first-order chi connectivity index (χ1) is 12.3. The molecule has 0 radical (unpaired) electrons. The molecule has 1 aromatic carbocycles. The second-order valence-electron chi connectivity index (χ2n) is 7.84. The number of aromatic nitrogens is 1. The lowest BCUT2D eigenvalue weighted by Gasteiger charge is -2.28. The van der Waals surface area contributed by atoms with E-state index >= 15 is 0 Å². The van der Waals surface area contributed by atoms with Crippen molar-refractivity contribution in [3.63, 3.8) is 0 Å². The van der Waals surface area contributed by atoms with E-state index in [1.54, 1.807) is 0 Å². The van der Waals surface area contributed by atoms with Crippen LogP contribution in [0.5, 0.6) is 5.75 Å². The van der Waals surface area contributed by atoms with Gasteiger partial charge >= 0.3 is 0 Å². The summed E-state index contributed by atoms with van der Waals surface area (Å²) in [7, 11) is 0. The first kappa shape index (κ1) is 18.2. The summed E-state index contributed by atoms with van der Waals surface area (Å²) in [6.07, 6.45) is 1.29. The molecule has 5 heteroatoms. The highest BCUT2D eigenvalue weighted by Crippen LogP contribution is 2.36. The Balaban J connectivity index is 1.61. The van der Waals surface area contributed by atoms with Crippen LogP contribution in [0.1, 0.15) is 57.9 Å². The Bertz CT molecular complexity index is 849. The zero-order chi connectivity index (χ0) is 18.9. The summed E-state index contributed by atoms with van der Waals surface area (Å²) in [6.45, 7) is 8.78. The lowest BCUT2D eigenvalue weighted by Crippen LogP contribution is -2.29. The summed E-state index contributed by atoms with van der Waals surface area (Å²) in [4.78, 5) is 28.1. The van der Waals surface area contributed by atoms with Crippen molar-refractivity contribution in [2.45, 2.75) is 40.5 Å². The van der Waals surface area contributed by atoms with E-state index in [0.717, 1.165) is 29.0 Å². The second-order valence-corrected chi connectivity index (χ2v) is 7.84. The number of hydrogen-bond acceptors (Lipinski definition) is 3. The van der Waals surface area contributed by atoms with Gasteiger partial charge in [0.2, 0.25) is 0 Å². The fourth-order valence-corrected chi connectivity index (χ4v) is 3.59. The molecule has 0 fully saturated rings. The largest absolute Gasteiger partial charge is 0.492 e. The molecule has 0 atom stereocenters. The van der Waals surface area contributed by atoms with Gasteiger partial charge in [-0.3, -0.25) is 9.59 Å². The topological polar surface area (TPSA) is 71.2 Å². The van der Waals surface area contributed by atoms with Crippen LogP contribution in [0.3, 0.4) is 0 Å². The minimum absolute atomic E-state index is 0.0726. The highest BCUT2D eigenvalue weighted by molar-refractivity contribution is 6.04. The predicted molar refractivity (Wildman–Crippen MR) is 101 cm³/mol. The zero-order valence-corrected chi connectivity index (χ0v) is 15.9. The van der Waals surface area contributed by atoms with Crippen molar-refractivity contribution in [2.24, 2.45) is 5.41 Å². The van der Waals surface area contributed by atoms with Gasteiger partial charge in [-0.25, -0.2) is 0 Å². The molecule has 0 spiro atoms. The van der Waals surface area contributed by atoms with Crippen LogP contribution in [0.4, 0.5) is 0 Å². The van der Waals surface area contributed by atoms with Crippen LogP contribution < -0.4 is 10.1 Å². The Morgan fingerprint density at radius 3 is 2.77 bits per heavy atom. The molecule has 0 bridgehead atoms. The molecule has 1 amide bonds. The Hall–Kier alpha value is -2.56. The maximum atomic E-state index is 12.5. The summed E-state index contributed by atoms with van der Waals surface area (Å²) in [5.74, 6) is 0.709. The number of benzene rings is 1. The molecule has 0 aliphatic heterocycles. The highest BCUT2D eigenvalue weighted by Gasteiger charge is 2.35. The number of amides is 1. The lowest BCUT2D eigenvalue weighted by molar-refractivity contribution is 0.0909. The van der Waals surface area contributed by atoms with Crippen LogP contribution in [0.2, 0.25) is 0 Å². The number of carbonyl (C=O) groups excluding carboxylic acids is 2. The first-order valence-electron chi connectivity index (χ1n) is 8.99. The quantitative estimate of drug-likeness (QED) is 0.806. The molecule has 1 aromatic heterocycles. The third-order valence-electron chi connectivity index (χ3n) is 4.77.